The van der Waals surface area contributed by atoms with Crippen molar-refractivity contribution in [2.24, 2.45) is 5.73 Å². The number of anilines is 1. The van der Waals surface area contributed by atoms with Crippen molar-refractivity contribution in [1.82, 2.24) is 0 Å². The van der Waals surface area contributed by atoms with Gasteiger partial charge in [-0.3, -0.25) is 9.59 Å². The maximum Gasteiger partial charge on any atom is 0.260 e. The van der Waals surface area contributed by atoms with E-state index in [-0.39, 0.29) is 10.6 Å². The van der Waals surface area contributed by atoms with Crippen molar-refractivity contribution >= 4 is 29.1 Å². The minimum Gasteiger partial charge on any atom is -0.366 e. The molecule has 0 atom stereocenters. The number of amides is 2. The first-order valence-corrected chi connectivity index (χ1v) is 6.02. The quantitative estimate of drug-likeness (QED) is 0.913. The zero-order valence-corrected chi connectivity index (χ0v) is 10.9. The van der Waals surface area contributed by atoms with Gasteiger partial charge >= 0.3 is 0 Å². The Morgan fingerprint density at radius 2 is 1.75 bits per heavy atom. The molecule has 0 aliphatic heterocycles. The van der Waals surface area contributed by atoms with Crippen LogP contribution >= 0.6 is 11.6 Å². The van der Waals surface area contributed by atoms with Crippen molar-refractivity contribution in [2.75, 3.05) is 5.32 Å². The molecular weight excluding hydrogens is 283 g/mol. The Morgan fingerprint density at radius 3 is 2.30 bits per heavy atom. The molecule has 0 unspecified atom stereocenters. The third-order valence-corrected chi connectivity index (χ3v) is 2.93. The van der Waals surface area contributed by atoms with Crippen molar-refractivity contribution in [3.63, 3.8) is 0 Å². The van der Waals surface area contributed by atoms with E-state index in [1.54, 1.807) is 0 Å². The number of halogens is 2. The fourth-order valence-electron chi connectivity index (χ4n) is 1.63. The average Bonchev–Trinajstić information content (AvgIpc) is 2.39. The van der Waals surface area contributed by atoms with Crippen LogP contribution in [0.2, 0.25) is 5.02 Å². The smallest absolute Gasteiger partial charge is 0.260 e. The van der Waals surface area contributed by atoms with Crippen LogP contribution in [0.3, 0.4) is 0 Å². The van der Waals surface area contributed by atoms with Crippen LogP contribution < -0.4 is 11.1 Å². The Morgan fingerprint density at radius 1 is 1.10 bits per heavy atom. The normalized spacial score (nSPS) is 10.1. The summed E-state index contributed by atoms with van der Waals surface area (Å²) in [5.74, 6) is -1.94. The van der Waals surface area contributed by atoms with E-state index in [1.807, 2.05) is 0 Å². The molecular formula is C14H10ClFN2O2. The molecule has 102 valence electrons. The molecule has 3 N–H and O–H groups in total. The van der Waals surface area contributed by atoms with Crippen molar-refractivity contribution in [3.8, 4) is 0 Å². The molecule has 0 radical (unpaired) electrons. The SMILES string of the molecule is NC(=O)c1ccc(NC(=O)c2c(F)cccc2Cl)cc1. The Hall–Kier alpha value is -2.40. The van der Waals surface area contributed by atoms with Gasteiger partial charge in [0.2, 0.25) is 5.91 Å². The molecule has 6 heteroatoms. The van der Waals surface area contributed by atoms with Crippen LogP contribution in [0, 0.1) is 5.82 Å². The molecule has 4 nitrogen and oxygen atoms in total. The van der Waals surface area contributed by atoms with Crippen molar-refractivity contribution in [2.45, 2.75) is 0 Å². The first kappa shape index (κ1) is 14.0. The number of nitrogens with two attached hydrogens (primary N) is 1. The molecule has 0 saturated heterocycles. The number of primary amides is 1. The molecule has 0 bridgehead atoms. The van der Waals surface area contributed by atoms with Gasteiger partial charge < -0.3 is 11.1 Å². The van der Waals surface area contributed by atoms with E-state index >= 15 is 0 Å². The highest BCUT2D eigenvalue weighted by atomic mass is 35.5. The number of benzene rings is 2. The lowest BCUT2D eigenvalue weighted by Gasteiger charge is -2.08. The van der Waals surface area contributed by atoms with Crippen LogP contribution in [0.4, 0.5) is 10.1 Å². The number of hydrogen-bond acceptors (Lipinski definition) is 2. The van der Waals surface area contributed by atoms with Crippen LogP contribution in [0.1, 0.15) is 20.7 Å². The van der Waals surface area contributed by atoms with E-state index in [4.69, 9.17) is 17.3 Å². The van der Waals surface area contributed by atoms with Crippen LogP contribution in [-0.2, 0) is 0 Å². The Balaban J connectivity index is 2.21. The van der Waals surface area contributed by atoms with Gasteiger partial charge in [-0.15, -0.1) is 0 Å². The summed E-state index contributed by atoms with van der Waals surface area (Å²) in [6.07, 6.45) is 0. The maximum absolute atomic E-state index is 13.6. The Bertz CT molecular complexity index is 651. The van der Waals surface area contributed by atoms with Crippen molar-refractivity contribution in [3.05, 3.63) is 64.4 Å². The topological polar surface area (TPSA) is 72.2 Å². The lowest BCUT2D eigenvalue weighted by atomic mass is 10.1. The molecule has 0 heterocycles. The zero-order valence-electron chi connectivity index (χ0n) is 10.2. The second kappa shape index (κ2) is 5.71. The Labute approximate surface area is 119 Å². The fourth-order valence-corrected chi connectivity index (χ4v) is 1.87. The van der Waals surface area contributed by atoms with Crippen LogP contribution in [0.25, 0.3) is 0 Å². The van der Waals surface area contributed by atoms with Gasteiger partial charge in [-0.2, -0.15) is 0 Å². The third-order valence-electron chi connectivity index (χ3n) is 2.62. The van der Waals surface area contributed by atoms with E-state index < -0.39 is 17.6 Å². The van der Waals surface area contributed by atoms with Gasteiger partial charge in [-0.1, -0.05) is 17.7 Å². The Kier molecular flexibility index (Phi) is 4.00. The first-order valence-electron chi connectivity index (χ1n) is 5.64. The van der Waals surface area contributed by atoms with E-state index in [9.17, 15) is 14.0 Å². The number of nitrogens with one attached hydrogen (secondary N) is 1. The van der Waals surface area contributed by atoms with Crippen LogP contribution in [0.15, 0.2) is 42.5 Å². The third kappa shape index (κ3) is 2.95. The molecule has 0 aliphatic rings. The molecule has 0 spiro atoms. The number of hydrogen-bond donors (Lipinski definition) is 2. The molecule has 0 aliphatic carbocycles. The largest absolute Gasteiger partial charge is 0.366 e. The van der Waals surface area contributed by atoms with Gasteiger partial charge in [-0.05, 0) is 36.4 Å². The molecule has 0 saturated carbocycles. The van der Waals surface area contributed by atoms with E-state index in [0.29, 0.717) is 11.3 Å². The minimum absolute atomic E-state index is 0.0243. The summed E-state index contributed by atoms with van der Waals surface area (Å²) in [4.78, 5) is 22.9. The molecule has 20 heavy (non-hydrogen) atoms. The number of carbonyl (C=O) groups is 2. The van der Waals surface area contributed by atoms with Gasteiger partial charge in [0, 0.05) is 11.3 Å². The highest BCUT2D eigenvalue weighted by molar-refractivity contribution is 6.34. The number of carbonyl (C=O) groups excluding carboxylic acids is 2. The summed E-state index contributed by atoms with van der Waals surface area (Å²) in [6, 6.07) is 9.89. The summed E-state index contributed by atoms with van der Waals surface area (Å²) in [6.45, 7) is 0. The summed E-state index contributed by atoms with van der Waals surface area (Å²) >= 11 is 5.80. The van der Waals surface area contributed by atoms with Gasteiger partial charge in [0.05, 0.1) is 10.6 Å². The predicted molar refractivity (Wildman–Crippen MR) is 74.3 cm³/mol. The van der Waals surface area contributed by atoms with E-state index in [0.717, 1.165) is 6.07 Å². The summed E-state index contributed by atoms with van der Waals surface area (Å²) in [5.41, 5.74) is 5.59. The first-order chi connectivity index (χ1) is 9.49. The fraction of sp³-hybridized carbons (Fsp3) is 0. The lowest BCUT2D eigenvalue weighted by molar-refractivity contribution is 0.0998. The minimum atomic E-state index is -0.705. The molecule has 0 aromatic heterocycles. The van der Waals surface area contributed by atoms with Crippen LogP contribution in [-0.4, -0.2) is 11.8 Å². The maximum atomic E-state index is 13.6. The predicted octanol–water partition coefficient (Wildman–Crippen LogP) is 2.83. The lowest BCUT2D eigenvalue weighted by Crippen LogP contribution is -2.15. The standard InChI is InChI=1S/C14H10ClFN2O2/c15-10-2-1-3-11(16)12(10)14(20)18-9-6-4-8(5-7-9)13(17)19/h1-7H,(H2,17,19)(H,18,20). The molecule has 2 amide bonds. The highest BCUT2D eigenvalue weighted by Crippen LogP contribution is 2.20. The summed E-state index contributed by atoms with van der Waals surface area (Å²) in [7, 11) is 0. The summed E-state index contributed by atoms with van der Waals surface area (Å²) < 4.78 is 13.6. The van der Waals surface area contributed by atoms with Gasteiger partial charge in [0.1, 0.15) is 5.82 Å². The van der Waals surface area contributed by atoms with Crippen molar-refractivity contribution in [1.29, 1.82) is 0 Å². The second-order valence-electron chi connectivity index (χ2n) is 3.99. The average molecular weight is 293 g/mol. The molecule has 2 rings (SSSR count). The molecule has 0 fully saturated rings. The molecule has 2 aromatic carbocycles. The van der Waals surface area contributed by atoms with Crippen molar-refractivity contribution < 1.29 is 14.0 Å². The van der Waals surface area contributed by atoms with E-state index in [1.165, 1.54) is 36.4 Å². The summed E-state index contributed by atoms with van der Waals surface area (Å²) in [5, 5.41) is 2.51. The van der Waals surface area contributed by atoms with Gasteiger partial charge in [0.15, 0.2) is 0 Å². The molecule has 2 aromatic rings. The van der Waals surface area contributed by atoms with Crippen LogP contribution in [0.5, 0.6) is 0 Å². The monoisotopic (exact) mass is 292 g/mol. The zero-order chi connectivity index (χ0) is 14.7. The highest BCUT2D eigenvalue weighted by Gasteiger charge is 2.15. The number of rotatable bonds is 3. The second-order valence-corrected chi connectivity index (χ2v) is 4.40. The van der Waals surface area contributed by atoms with E-state index in [2.05, 4.69) is 5.32 Å². The van der Waals surface area contributed by atoms with Gasteiger partial charge in [0.25, 0.3) is 5.91 Å². The van der Waals surface area contributed by atoms with Gasteiger partial charge in [-0.25, -0.2) is 4.39 Å².